The second-order valence-electron chi connectivity index (χ2n) is 4.60. The largest absolute Gasteiger partial charge is 0.467 e. The number of hydrogen-bond acceptors (Lipinski definition) is 4. The van der Waals surface area contributed by atoms with Crippen molar-refractivity contribution in [3.8, 4) is 0 Å². The highest BCUT2D eigenvalue weighted by Gasteiger charge is 2.18. The summed E-state index contributed by atoms with van der Waals surface area (Å²) in [5.74, 6) is 3.34. The Morgan fingerprint density at radius 3 is 3.00 bits per heavy atom. The lowest BCUT2D eigenvalue weighted by Crippen LogP contribution is -2.30. The molecule has 2 N–H and O–H groups in total. The zero-order valence-electron chi connectivity index (χ0n) is 10.3. The quantitative estimate of drug-likeness (QED) is 0.858. The predicted octanol–water partition coefficient (Wildman–Crippen LogP) is 1.96. The van der Waals surface area contributed by atoms with Crippen LogP contribution in [0.5, 0.6) is 0 Å². The van der Waals surface area contributed by atoms with Gasteiger partial charge in [0.25, 0.3) is 0 Å². The highest BCUT2D eigenvalue weighted by Crippen LogP contribution is 2.25. The van der Waals surface area contributed by atoms with E-state index in [1.54, 1.807) is 12.1 Å². The third-order valence-corrected chi connectivity index (χ3v) is 4.23. The van der Waals surface area contributed by atoms with E-state index >= 15 is 0 Å². The molecule has 1 atom stereocenters. The van der Waals surface area contributed by atoms with Crippen molar-refractivity contribution in [3.05, 3.63) is 24.2 Å². The summed E-state index contributed by atoms with van der Waals surface area (Å²) in [6.45, 7) is 0.216. The van der Waals surface area contributed by atoms with Crippen LogP contribution in [0.2, 0.25) is 0 Å². The number of aliphatic hydroxyl groups is 1. The summed E-state index contributed by atoms with van der Waals surface area (Å²) < 4.78 is 5.07. The molecule has 1 unspecified atom stereocenters. The number of amides is 1. The van der Waals surface area contributed by atoms with Crippen molar-refractivity contribution in [3.63, 3.8) is 0 Å². The number of furan rings is 1. The molecule has 0 radical (unpaired) electrons. The Bertz CT molecular complexity index is 360. The summed E-state index contributed by atoms with van der Waals surface area (Å²) in [5.41, 5.74) is 0. The molecule has 1 aromatic rings. The molecule has 0 saturated carbocycles. The molecule has 1 aliphatic heterocycles. The van der Waals surface area contributed by atoms with Gasteiger partial charge < -0.3 is 14.8 Å². The minimum absolute atomic E-state index is 0.0255. The zero-order chi connectivity index (χ0) is 12.8. The molecule has 1 amide bonds. The third kappa shape index (κ3) is 4.07. The van der Waals surface area contributed by atoms with Crippen molar-refractivity contribution < 1.29 is 14.3 Å². The van der Waals surface area contributed by atoms with Gasteiger partial charge in [0.1, 0.15) is 11.9 Å². The van der Waals surface area contributed by atoms with Gasteiger partial charge in [-0.25, -0.2) is 0 Å². The maximum Gasteiger partial charge on any atom is 0.220 e. The Hall–Kier alpha value is -0.940. The molecule has 0 bridgehead atoms. The Labute approximate surface area is 111 Å². The molecule has 1 aliphatic rings. The minimum Gasteiger partial charge on any atom is -0.467 e. The van der Waals surface area contributed by atoms with Crippen LogP contribution in [-0.2, 0) is 4.79 Å². The average Bonchev–Trinajstić information content (AvgIpc) is 2.91. The molecule has 4 nitrogen and oxygen atoms in total. The monoisotopic (exact) mass is 269 g/mol. The number of nitrogens with one attached hydrogen (secondary N) is 1. The number of carbonyl (C=O) groups is 1. The molecular weight excluding hydrogens is 250 g/mol. The molecule has 0 aliphatic carbocycles. The standard InChI is InChI=1S/C13H19NO3S/c15-11(12-2-1-5-17-12)9-14-13(16)8-10-3-6-18-7-4-10/h1-2,5,10-11,15H,3-4,6-9H2,(H,14,16). The van der Waals surface area contributed by atoms with Gasteiger partial charge in [-0.05, 0) is 42.4 Å². The number of thioether (sulfide) groups is 1. The maximum atomic E-state index is 11.7. The Balaban J connectivity index is 1.68. The first-order chi connectivity index (χ1) is 8.75. The topological polar surface area (TPSA) is 62.5 Å². The molecule has 1 aromatic heterocycles. The van der Waals surface area contributed by atoms with Gasteiger partial charge in [0.15, 0.2) is 0 Å². The normalized spacial score (nSPS) is 18.5. The van der Waals surface area contributed by atoms with Crippen molar-refractivity contribution in [2.24, 2.45) is 5.92 Å². The Kier molecular flexibility index (Phi) is 5.13. The maximum absolute atomic E-state index is 11.7. The van der Waals surface area contributed by atoms with E-state index in [1.807, 2.05) is 11.8 Å². The number of aliphatic hydroxyl groups excluding tert-OH is 1. The smallest absolute Gasteiger partial charge is 0.220 e. The lowest BCUT2D eigenvalue weighted by Gasteiger charge is -2.20. The van der Waals surface area contributed by atoms with Crippen LogP contribution in [0.3, 0.4) is 0 Å². The zero-order valence-corrected chi connectivity index (χ0v) is 11.1. The van der Waals surface area contributed by atoms with Gasteiger partial charge in [-0.15, -0.1) is 0 Å². The first kappa shape index (κ1) is 13.5. The van der Waals surface area contributed by atoms with Crippen LogP contribution >= 0.6 is 11.8 Å². The predicted molar refractivity (Wildman–Crippen MR) is 71.3 cm³/mol. The van der Waals surface area contributed by atoms with E-state index in [2.05, 4.69) is 5.32 Å². The second-order valence-corrected chi connectivity index (χ2v) is 5.82. The first-order valence-corrected chi connectivity index (χ1v) is 7.47. The van der Waals surface area contributed by atoms with E-state index in [4.69, 9.17) is 4.42 Å². The Morgan fingerprint density at radius 1 is 1.56 bits per heavy atom. The van der Waals surface area contributed by atoms with E-state index in [0.29, 0.717) is 18.1 Å². The molecule has 1 fully saturated rings. The van der Waals surface area contributed by atoms with Crippen molar-refractivity contribution >= 4 is 17.7 Å². The fraction of sp³-hybridized carbons (Fsp3) is 0.615. The van der Waals surface area contributed by atoms with Crippen molar-refractivity contribution in [1.29, 1.82) is 0 Å². The van der Waals surface area contributed by atoms with E-state index in [0.717, 1.165) is 24.3 Å². The van der Waals surface area contributed by atoms with Crippen LogP contribution in [-0.4, -0.2) is 29.1 Å². The molecule has 2 heterocycles. The third-order valence-electron chi connectivity index (χ3n) is 3.18. The van der Waals surface area contributed by atoms with Gasteiger partial charge >= 0.3 is 0 Å². The SMILES string of the molecule is O=C(CC1CCSCC1)NCC(O)c1ccco1. The van der Waals surface area contributed by atoms with Crippen LogP contribution in [0, 0.1) is 5.92 Å². The summed E-state index contributed by atoms with van der Waals surface area (Å²) in [4.78, 5) is 11.7. The molecule has 0 spiro atoms. The molecule has 5 heteroatoms. The second kappa shape index (κ2) is 6.85. The van der Waals surface area contributed by atoms with Crippen LogP contribution in [0.4, 0.5) is 0 Å². The van der Waals surface area contributed by atoms with E-state index < -0.39 is 6.10 Å². The van der Waals surface area contributed by atoms with Crippen LogP contribution in [0.25, 0.3) is 0 Å². The molecular formula is C13H19NO3S. The van der Waals surface area contributed by atoms with Gasteiger partial charge in [0, 0.05) is 6.42 Å². The van der Waals surface area contributed by atoms with Crippen molar-refractivity contribution in [2.75, 3.05) is 18.1 Å². The average molecular weight is 269 g/mol. The fourth-order valence-electron chi connectivity index (χ4n) is 2.08. The Morgan fingerprint density at radius 2 is 2.33 bits per heavy atom. The summed E-state index contributed by atoms with van der Waals surface area (Å²) in [5, 5.41) is 12.5. The fourth-order valence-corrected chi connectivity index (χ4v) is 3.28. The van der Waals surface area contributed by atoms with Gasteiger partial charge in [-0.3, -0.25) is 4.79 Å². The lowest BCUT2D eigenvalue weighted by atomic mass is 9.98. The van der Waals surface area contributed by atoms with Gasteiger partial charge in [-0.2, -0.15) is 11.8 Å². The van der Waals surface area contributed by atoms with Gasteiger partial charge in [0.2, 0.25) is 5.91 Å². The lowest BCUT2D eigenvalue weighted by molar-refractivity contribution is -0.122. The minimum atomic E-state index is -0.758. The van der Waals surface area contributed by atoms with E-state index in [1.165, 1.54) is 6.26 Å². The van der Waals surface area contributed by atoms with Crippen LogP contribution in [0.1, 0.15) is 31.1 Å². The van der Waals surface area contributed by atoms with Gasteiger partial charge in [0.05, 0.1) is 12.8 Å². The summed E-state index contributed by atoms with van der Waals surface area (Å²) in [6.07, 6.45) is 3.58. The van der Waals surface area contributed by atoms with E-state index in [-0.39, 0.29) is 12.5 Å². The molecule has 0 aromatic carbocycles. The van der Waals surface area contributed by atoms with E-state index in [9.17, 15) is 9.90 Å². The van der Waals surface area contributed by atoms with Crippen molar-refractivity contribution in [2.45, 2.75) is 25.4 Å². The molecule has 2 rings (SSSR count). The summed E-state index contributed by atoms with van der Waals surface area (Å²) in [6, 6.07) is 3.43. The molecule has 18 heavy (non-hydrogen) atoms. The number of rotatable bonds is 5. The first-order valence-electron chi connectivity index (χ1n) is 6.31. The highest BCUT2D eigenvalue weighted by atomic mass is 32.2. The van der Waals surface area contributed by atoms with Crippen molar-refractivity contribution in [1.82, 2.24) is 5.32 Å². The van der Waals surface area contributed by atoms with Crippen LogP contribution < -0.4 is 5.32 Å². The molecule has 1 saturated heterocycles. The summed E-state index contributed by atoms with van der Waals surface area (Å²) >= 11 is 1.96. The number of carbonyl (C=O) groups excluding carboxylic acids is 1. The highest BCUT2D eigenvalue weighted by molar-refractivity contribution is 7.99. The number of hydrogen-bond donors (Lipinski definition) is 2. The summed E-state index contributed by atoms with van der Waals surface area (Å²) in [7, 11) is 0. The van der Waals surface area contributed by atoms with Crippen LogP contribution in [0.15, 0.2) is 22.8 Å². The molecule has 100 valence electrons. The van der Waals surface area contributed by atoms with Gasteiger partial charge in [-0.1, -0.05) is 0 Å².